The van der Waals surface area contributed by atoms with Crippen LogP contribution in [0, 0.1) is 0 Å². The van der Waals surface area contributed by atoms with Gasteiger partial charge in [0.2, 0.25) is 0 Å². The van der Waals surface area contributed by atoms with Crippen molar-refractivity contribution in [3.63, 3.8) is 0 Å². The molecule has 0 bridgehead atoms. The van der Waals surface area contributed by atoms with Crippen LogP contribution in [-0.2, 0) is 13.0 Å². The molecule has 40 heavy (non-hydrogen) atoms. The quantitative estimate of drug-likeness (QED) is 0.234. The SMILES string of the molecule is NC1=CC=C(c2ccccn2)c2cc(-c3n[nH]c4ccc(-c5cncc(OCc6ccccc6)c5)cc34)[nH]c2C1. The number of nitrogens with zero attached hydrogens (tertiary/aromatic N) is 3. The van der Waals surface area contributed by atoms with Crippen LogP contribution < -0.4 is 10.5 Å². The molecule has 6 aromatic rings. The van der Waals surface area contributed by atoms with Gasteiger partial charge in [-0.1, -0.05) is 48.5 Å². The lowest BCUT2D eigenvalue weighted by atomic mass is 10.0. The van der Waals surface area contributed by atoms with Crippen molar-refractivity contribution in [3.8, 4) is 28.3 Å². The fourth-order valence-corrected chi connectivity index (χ4v) is 5.09. The highest BCUT2D eigenvalue weighted by atomic mass is 16.5. The number of nitrogens with one attached hydrogen (secondary N) is 2. The predicted molar refractivity (Wildman–Crippen MR) is 157 cm³/mol. The lowest BCUT2D eigenvalue weighted by Crippen LogP contribution is -2.01. The van der Waals surface area contributed by atoms with Crippen LogP contribution in [0.2, 0.25) is 0 Å². The van der Waals surface area contributed by atoms with Gasteiger partial charge in [0.15, 0.2) is 0 Å². The molecule has 4 N–H and O–H groups in total. The molecule has 4 aromatic heterocycles. The lowest BCUT2D eigenvalue weighted by molar-refractivity contribution is 0.305. The molecule has 1 aliphatic rings. The van der Waals surface area contributed by atoms with Crippen molar-refractivity contribution >= 4 is 16.5 Å². The van der Waals surface area contributed by atoms with Crippen LogP contribution in [0.25, 0.3) is 39.0 Å². The zero-order valence-corrected chi connectivity index (χ0v) is 21.6. The molecule has 2 aromatic carbocycles. The van der Waals surface area contributed by atoms with Crippen molar-refractivity contribution in [3.05, 3.63) is 138 Å². The molecule has 0 atom stereocenters. The summed E-state index contributed by atoms with van der Waals surface area (Å²) in [5.74, 6) is 0.724. The van der Waals surface area contributed by atoms with Crippen LogP contribution in [0.15, 0.2) is 115 Å². The molecule has 1 aliphatic carbocycles. The Kier molecular flexibility index (Phi) is 5.94. The Hall–Kier alpha value is -5.43. The van der Waals surface area contributed by atoms with Crippen LogP contribution in [-0.4, -0.2) is 25.1 Å². The number of hydrogen-bond acceptors (Lipinski definition) is 5. The molecular formula is C33H26N6O. The van der Waals surface area contributed by atoms with E-state index in [4.69, 9.17) is 10.5 Å². The number of fused-ring (bicyclic) bond motifs is 2. The van der Waals surface area contributed by atoms with E-state index in [1.54, 1.807) is 12.4 Å². The van der Waals surface area contributed by atoms with E-state index >= 15 is 0 Å². The Labute approximate surface area is 231 Å². The molecule has 7 rings (SSSR count). The van der Waals surface area contributed by atoms with E-state index in [1.807, 2.05) is 79.0 Å². The molecule has 7 nitrogen and oxygen atoms in total. The Balaban J connectivity index is 1.23. The van der Waals surface area contributed by atoms with Gasteiger partial charge in [0, 0.05) is 52.3 Å². The van der Waals surface area contributed by atoms with Crippen LogP contribution in [0.5, 0.6) is 5.75 Å². The fourth-order valence-electron chi connectivity index (χ4n) is 5.09. The van der Waals surface area contributed by atoms with Crippen LogP contribution in [0.1, 0.15) is 22.5 Å². The second-order valence-electron chi connectivity index (χ2n) is 9.81. The van der Waals surface area contributed by atoms with Gasteiger partial charge >= 0.3 is 0 Å². The fraction of sp³-hybridized carbons (Fsp3) is 0.0606. The van der Waals surface area contributed by atoms with Crippen LogP contribution in [0.3, 0.4) is 0 Å². The Bertz CT molecular complexity index is 1880. The summed E-state index contributed by atoms with van der Waals surface area (Å²) in [6.07, 6.45) is 10.0. The second kappa shape index (κ2) is 10.0. The van der Waals surface area contributed by atoms with Gasteiger partial charge < -0.3 is 15.5 Å². The summed E-state index contributed by atoms with van der Waals surface area (Å²) in [5.41, 5.74) is 17.0. The first-order valence-electron chi connectivity index (χ1n) is 13.1. The van der Waals surface area contributed by atoms with E-state index in [0.717, 1.165) is 73.0 Å². The molecule has 0 radical (unpaired) electrons. The average molecular weight is 523 g/mol. The number of pyridine rings is 2. The van der Waals surface area contributed by atoms with Gasteiger partial charge in [-0.2, -0.15) is 5.10 Å². The predicted octanol–water partition coefficient (Wildman–Crippen LogP) is 6.42. The maximum Gasteiger partial charge on any atom is 0.138 e. The number of benzene rings is 2. The van der Waals surface area contributed by atoms with Crippen molar-refractivity contribution in [2.45, 2.75) is 13.0 Å². The molecular weight excluding hydrogens is 496 g/mol. The molecule has 194 valence electrons. The number of H-pyrrole nitrogens is 2. The summed E-state index contributed by atoms with van der Waals surface area (Å²) in [6.45, 7) is 0.489. The minimum atomic E-state index is 0.489. The highest BCUT2D eigenvalue weighted by molar-refractivity contribution is 5.96. The average Bonchev–Trinajstić information content (AvgIpc) is 3.57. The minimum absolute atomic E-state index is 0.489. The molecule has 0 spiro atoms. The summed E-state index contributed by atoms with van der Waals surface area (Å²) < 4.78 is 6.02. The van der Waals surface area contributed by atoms with E-state index in [0.29, 0.717) is 13.0 Å². The molecule has 0 saturated heterocycles. The summed E-state index contributed by atoms with van der Waals surface area (Å²) in [6, 6.07) is 26.5. The van der Waals surface area contributed by atoms with Crippen molar-refractivity contribution in [2.75, 3.05) is 0 Å². The first kappa shape index (κ1) is 23.7. The Morgan fingerprint density at radius 1 is 0.875 bits per heavy atom. The maximum absolute atomic E-state index is 6.30. The van der Waals surface area contributed by atoms with Crippen LogP contribution >= 0.6 is 0 Å². The number of allylic oxidation sites excluding steroid dienone is 3. The van der Waals surface area contributed by atoms with Crippen molar-refractivity contribution in [2.24, 2.45) is 5.73 Å². The lowest BCUT2D eigenvalue weighted by Gasteiger charge is -2.08. The van der Waals surface area contributed by atoms with E-state index in [2.05, 4.69) is 43.3 Å². The molecule has 0 unspecified atom stereocenters. The number of ether oxygens (including phenoxy) is 1. The van der Waals surface area contributed by atoms with E-state index in [9.17, 15) is 0 Å². The third-order valence-electron chi connectivity index (χ3n) is 7.09. The molecule has 4 heterocycles. The van der Waals surface area contributed by atoms with Crippen LogP contribution in [0.4, 0.5) is 0 Å². The summed E-state index contributed by atoms with van der Waals surface area (Å²) in [5, 5.41) is 8.88. The van der Waals surface area contributed by atoms with Crippen molar-refractivity contribution in [1.82, 2.24) is 25.1 Å². The summed E-state index contributed by atoms with van der Waals surface area (Å²) in [4.78, 5) is 12.6. The number of rotatable bonds is 6. The van der Waals surface area contributed by atoms with E-state index in [-0.39, 0.29) is 0 Å². The highest BCUT2D eigenvalue weighted by Gasteiger charge is 2.20. The Morgan fingerprint density at radius 3 is 2.65 bits per heavy atom. The largest absolute Gasteiger partial charge is 0.487 e. The zero-order valence-electron chi connectivity index (χ0n) is 21.6. The number of hydrogen-bond donors (Lipinski definition) is 3. The topological polar surface area (TPSA) is 106 Å². The van der Waals surface area contributed by atoms with Gasteiger partial charge in [0.25, 0.3) is 0 Å². The maximum atomic E-state index is 6.30. The smallest absolute Gasteiger partial charge is 0.138 e. The first-order valence-corrected chi connectivity index (χ1v) is 13.1. The third-order valence-corrected chi connectivity index (χ3v) is 7.09. The normalized spacial score (nSPS) is 12.9. The van der Waals surface area contributed by atoms with Gasteiger partial charge in [-0.25, -0.2) is 0 Å². The van der Waals surface area contributed by atoms with Crippen molar-refractivity contribution in [1.29, 1.82) is 0 Å². The van der Waals surface area contributed by atoms with Gasteiger partial charge in [-0.3, -0.25) is 15.1 Å². The summed E-state index contributed by atoms with van der Waals surface area (Å²) in [7, 11) is 0. The van der Waals surface area contributed by atoms with Gasteiger partial charge in [-0.05, 0) is 53.6 Å². The minimum Gasteiger partial charge on any atom is -0.487 e. The second-order valence-corrected chi connectivity index (χ2v) is 9.81. The monoisotopic (exact) mass is 522 g/mol. The molecule has 0 saturated carbocycles. The van der Waals surface area contributed by atoms with Gasteiger partial charge in [-0.15, -0.1) is 0 Å². The Morgan fingerprint density at radius 2 is 1.77 bits per heavy atom. The standard InChI is InChI=1S/C33H26N6O/c34-24-10-11-26(29-8-4-5-13-36-29)27-17-32(37-31(27)16-24)33-28-15-22(9-12-30(28)38-39-33)23-14-25(19-35-18-23)40-20-21-6-2-1-3-7-21/h1-15,17-19,37H,16,20,34H2,(H,38,39). The molecule has 0 fully saturated rings. The number of aromatic amines is 2. The third kappa shape index (κ3) is 4.54. The molecule has 0 aliphatic heterocycles. The number of nitrogens with two attached hydrogens (primary N) is 1. The molecule has 0 amide bonds. The summed E-state index contributed by atoms with van der Waals surface area (Å²) >= 11 is 0. The van der Waals surface area contributed by atoms with E-state index in [1.165, 1.54) is 0 Å². The highest BCUT2D eigenvalue weighted by Crippen LogP contribution is 2.36. The molecule has 7 heteroatoms. The zero-order chi connectivity index (χ0) is 26.9. The van der Waals surface area contributed by atoms with E-state index < -0.39 is 0 Å². The first-order chi connectivity index (χ1) is 19.7. The van der Waals surface area contributed by atoms with Gasteiger partial charge in [0.05, 0.1) is 23.1 Å². The number of aromatic nitrogens is 5. The van der Waals surface area contributed by atoms with Crippen molar-refractivity contribution < 1.29 is 4.74 Å². The van der Waals surface area contributed by atoms with Gasteiger partial charge in [0.1, 0.15) is 18.1 Å².